The van der Waals surface area contributed by atoms with Crippen molar-refractivity contribution in [2.75, 3.05) is 19.0 Å². The van der Waals surface area contributed by atoms with Gasteiger partial charge in [-0.3, -0.25) is 10.1 Å². The van der Waals surface area contributed by atoms with E-state index in [0.29, 0.717) is 35.5 Å². The number of benzene rings is 1. The Labute approximate surface area is 192 Å². The van der Waals surface area contributed by atoms with E-state index >= 15 is 0 Å². The van der Waals surface area contributed by atoms with Gasteiger partial charge in [-0.1, -0.05) is 19.1 Å². The molecule has 0 spiro atoms. The summed E-state index contributed by atoms with van der Waals surface area (Å²) in [7, 11) is 4.13. The molecule has 0 heterocycles. The summed E-state index contributed by atoms with van der Waals surface area (Å²) in [5.41, 5.74) is 1.84. The highest BCUT2D eigenvalue weighted by molar-refractivity contribution is 5.47. The Balaban J connectivity index is 1.54. The van der Waals surface area contributed by atoms with Crippen molar-refractivity contribution in [1.82, 2.24) is 0 Å². The second-order valence-corrected chi connectivity index (χ2v) is 12.3. The molecule has 1 aromatic rings. The lowest BCUT2D eigenvalue weighted by atomic mass is 9.46. The Morgan fingerprint density at radius 2 is 1.72 bits per heavy atom. The van der Waals surface area contributed by atoms with Crippen molar-refractivity contribution < 1.29 is 10.0 Å². The average Bonchev–Trinajstić information content (AvgIpc) is 3.09. The van der Waals surface area contributed by atoms with E-state index in [4.69, 9.17) is 0 Å². The van der Waals surface area contributed by atoms with Crippen LogP contribution in [0.1, 0.15) is 76.7 Å². The first kappa shape index (κ1) is 22.2. The van der Waals surface area contributed by atoms with Gasteiger partial charge >= 0.3 is 0 Å². The van der Waals surface area contributed by atoms with E-state index < -0.39 is 11.6 Å². The summed E-state index contributed by atoms with van der Waals surface area (Å²) in [6.45, 7) is 4.26. The Bertz CT molecular complexity index is 866. The Morgan fingerprint density at radius 3 is 2.38 bits per heavy atom. The van der Waals surface area contributed by atoms with Crippen LogP contribution in [0.4, 0.5) is 5.69 Å². The van der Waals surface area contributed by atoms with Gasteiger partial charge in [-0.25, -0.2) is 0 Å². The molecule has 9 atom stereocenters. The zero-order valence-electron chi connectivity index (χ0n) is 20.2. The summed E-state index contributed by atoms with van der Waals surface area (Å²) < 4.78 is 0. The minimum Gasteiger partial charge on any atom is -0.390 e. The minimum absolute atomic E-state index is 0.0377. The van der Waals surface area contributed by atoms with Crippen LogP contribution in [-0.4, -0.2) is 35.8 Å². The molecule has 0 unspecified atom stereocenters. The van der Waals surface area contributed by atoms with E-state index in [1.54, 1.807) is 0 Å². The molecule has 0 radical (unpaired) electrons. The van der Waals surface area contributed by atoms with E-state index in [0.717, 1.165) is 38.5 Å². The van der Waals surface area contributed by atoms with Crippen LogP contribution in [-0.2, 0) is 0 Å². The van der Waals surface area contributed by atoms with Gasteiger partial charge < -0.3 is 10.0 Å². The monoisotopic (exact) mass is 440 g/mol. The molecule has 32 heavy (non-hydrogen) atoms. The van der Waals surface area contributed by atoms with Crippen molar-refractivity contribution in [2.24, 2.45) is 35.0 Å². The number of hydrogen-bond acceptors (Lipinski definition) is 4. The van der Waals surface area contributed by atoms with Gasteiger partial charge in [-0.05, 0) is 105 Å². The first-order valence-electron chi connectivity index (χ1n) is 12.7. The molecule has 4 fully saturated rings. The Morgan fingerprint density at radius 1 is 1.00 bits per heavy atom. The van der Waals surface area contributed by atoms with E-state index in [-0.39, 0.29) is 10.3 Å². The molecule has 0 bridgehead atoms. The molecule has 0 aliphatic heterocycles. The van der Waals surface area contributed by atoms with Gasteiger partial charge in [0.25, 0.3) is 0 Å². The lowest BCUT2D eigenvalue weighted by molar-refractivity contribution is -0.540. The van der Waals surface area contributed by atoms with Crippen molar-refractivity contribution in [3.8, 4) is 0 Å². The molecule has 0 saturated heterocycles. The maximum absolute atomic E-state index is 12.1. The highest BCUT2D eigenvalue weighted by atomic mass is 16.6. The van der Waals surface area contributed by atoms with Crippen molar-refractivity contribution in [3.05, 3.63) is 39.9 Å². The molecule has 5 rings (SSSR count). The van der Waals surface area contributed by atoms with Gasteiger partial charge in [-0.2, -0.15) is 0 Å². The van der Waals surface area contributed by atoms with E-state index in [1.807, 2.05) is 6.92 Å². The molecular weight excluding hydrogens is 400 g/mol. The predicted octanol–water partition coefficient (Wildman–Crippen LogP) is 5.50. The number of nitro groups is 1. The molecule has 4 aliphatic rings. The number of rotatable bonds is 3. The molecule has 5 nitrogen and oxygen atoms in total. The molecule has 5 heteroatoms. The van der Waals surface area contributed by atoms with Crippen LogP contribution in [0.3, 0.4) is 0 Å². The van der Waals surface area contributed by atoms with Gasteiger partial charge in [0.15, 0.2) is 0 Å². The maximum Gasteiger partial charge on any atom is 0.218 e. The van der Waals surface area contributed by atoms with Gasteiger partial charge in [0.1, 0.15) is 0 Å². The van der Waals surface area contributed by atoms with Crippen LogP contribution in [0.5, 0.6) is 0 Å². The van der Waals surface area contributed by atoms with Crippen LogP contribution in [0.2, 0.25) is 0 Å². The topological polar surface area (TPSA) is 66.6 Å². The van der Waals surface area contributed by atoms with Crippen molar-refractivity contribution in [2.45, 2.75) is 82.8 Å². The third-order valence-electron chi connectivity index (χ3n) is 10.3. The summed E-state index contributed by atoms with van der Waals surface area (Å²) in [5.74, 6) is 3.28. The average molecular weight is 441 g/mol. The van der Waals surface area contributed by atoms with E-state index in [2.05, 4.69) is 50.2 Å². The molecule has 4 aliphatic carbocycles. The van der Waals surface area contributed by atoms with Crippen LogP contribution in [0.25, 0.3) is 0 Å². The van der Waals surface area contributed by atoms with Gasteiger partial charge in [0.05, 0.1) is 5.60 Å². The zero-order chi connectivity index (χ0) is 22.8. The van der Waals surface area contributed by atoms with Gasteiger partial charge in [0, 0.05) is 36.5 Å². The maximum atomic E-state index is 12.1. The summed E-state index contributed by atoms with van der Waals surface area (Å²) in [5, 5.41) is 22.8. The summed E-state index contributed by atoms with van der Waals surface area (Å²) >= 11 is 0. The quantitative estimate of drug-likeness (QED) is 0.498. The molecular formula is C27H40N2O3. The van der Waals surface area contributed by atoms with Crippen molar-refractivity contribution in [3.63, 3.8) is 0 Å². The van der Waals surface area contributed by atoms with Crippen LogP contribution >= 0.6 is 0 Å². The molecule has 4 saturated carbocycles. The third kappa shape index (κ3) is 3.46. The molecule has 0 aromatic heterocycles. The predicted molar refractivity (Wildman–Crippen MR) is 127 cm³/mol. The Hall–Kier alpha value is -1.62. The molecule has 176 valence electrons. The second-order valence-electron chi connectivity index (χ2n) is 12.3. The van der Waals surface area contributed by atoms with Gasteiger partial charge in [0.2, 0.25) is 6.04 Å². The summed E-state index contributed by atoms with van der Waals surface area (Å²) in [6.07, 6.45) is 7.98. The number of aliphatic hydroxyl groups is 1. The zero-order valence-corrected chi connectivity index (χ0v) is 20.2. The van der Waals surface area contributed by atoms with Crippen LogP contribution < -0.4 is 4.90 Å². The SMILES string of the molecule is CN(C)c1ccc([C@H]2C[C@]3(C)[C@@H]([N+](=O)[O-])CC[C@H]3[C@@H]3CC[C@H]4C[C@](C)(O)CC[C@@H]4[C@H]32)cc1. The molecule has 1 N–H and O–H groups in total. The fourth-order valence-electron chi connectivity index (χ4n) is 8.89. The minimum atomic E-state index is -0.524. The number of fused-ring (bicyclic) bond motifs is 5. The lowest BCUT2D eigenvalue weighted by Crippen LogP contribution is -2.54. The largest absolute Gasteiger partial charge is 0.390 e. The first-order valence-corrected chi connectivity index (χ1v) is 12.7. The third-order valence-corrected chi connectivity index (χ3v) is 10.3. The summed E-state index contributed by atoms with van der Waals surface area (Å²) in [4.78, 5) is 14.2. The first-order chi connectivity index (χ1) is 15.1. The van der Waals surface area contributed by atoms with Crippen molar-refractivity contribution in [1.29, 1.82) is 0 Å². The Kier molecular flexibility index (Phi) is 5.35. The lowest BCUT2D eigenvalue weighted by Gasteiger charge is -2.59. The van der Waals surface area contributed by atoms with E-state index in [9.17, 15) is 15.2 Å². The summed E-state index contributed by atoms with van der Waals surface area (Å²) in [6, 6.07) is 8.61. The number of anilines is 1. The van der Waals surface area contributed by atoms with Gasteiger partial charge in [-0.15, -0.1) is 0 Å². The highest BCUT2D eigenvalue weighted by Crippen LogP contribution is 2.66. The number of hydrogen-bond donors (Lipinski definition) is 1. The highest BCUT2D eigenvalue weighted by Gasteiger charge is 2.64. The fourth-order valence-corrected chi connectivity index (χ4v) is 8.89. The normalized spacial score (nSPS) is 45.5. The standard InChI is InChI=1S/C27H40N2O3/c1-26(30)14-13-20-18(15-26)7-10-21-23-11-12-24(29(31)32)27(23,2)16-22(25(20)21)17-5-8-19(9-6-17)28(3)4/h5-6,8-9,18,20-25,30H,7,10-16H2,1-4H3/t18-,20-,21-,22+,23-,24-,25+,26+,27-/m0/s1. The van der Waals surface area contributed by atoms with Crippen LogP contribution in [0.15, 0.2) is 24.3 Å². The molecule has 0 amide bonds. The second kappa shape index (κ2) is 7.72. The number of nitrogens with zero attached hydrogens (tertiary/aromatic N) is 2. The van der Waals surface area contributed by atoms with E-state index in [1.165, 1.54) is 24.1 Å². The molecule has 1 aromatic carbocycles. The fraction of sp³-hybridized carbons (Fsp3) is 0.778. The van der Waals surface area contributed by atoms with Crippen molar-refractivity contribution >= 4 is 5.69 Å². The van der Waals surface area contributed by atoms with Crippen LogP contribution in [0, 0.1) is 45.1 Å². The smallest absolute Gasteiger partial charge is 0.218 e.